The van der Waals surface area contributed by atoms with Crippen LogP contribution in [0.25, 0.3) is 0 Å². The van der Waals surface area contributed by atoms with Crippen LogP contribution in [0, 0.1) is 0 Å². The third-order valence-electron chi connectivity index (χ3n) is 3.93. The number of aryl methyl sites for hydroxylation is 1. The minimum Gasteiger partial charge on any atom is -0.347 e. The normalized spacial score (nSPS) is 20.8. The van der Waals surface area contributed by atoms with Gasteiger partial charge in [0.05, 0.1) is 0 Å². The van der Waals surface area contributed by atoms with Gasteiger partial charge in [0.15, 0.2) is 0 Å². The first-order chi connectivity index (χ1) is 10.3. The molecule has 1 N–H and O–H groups in total. The van der Waals surface area contributed by atoms with Gasteiger partial charge in [0.2, 0.25) is 0 Å². The fourth-order valence-corrected chi connectivity index (χ4v) is 3.81. The van der Waals surface area contributed by atoms with Crippen molar-refractivity contribution in [3.05, 3.63) is 24.0 Å². The Bertz CT molecular complexity index is 624. The molecule has 8 heteroatoms. The van der Waals surface area contributed by atoms with Gasteiger partial charge in [-0.3, -0.25) is 4.79 Å². The summed E-state index contributed by atoms with van der Waals surface area (Å²) in [5, 5.41) is 2.96. The zero-order chi connectivity index (χ0) is 16.3. The maximum absolute atomic E-state index is 12.3. The zero-order valence-corrected chi connectivity index (χ0v) is 14.1. The Morgan fingerprint density at radius 3 is 2.68 bits per heavy atom. The standard InChI is InChI=1S/C14H24N4O3S/c1-16(2)22(20,21)18-10-5-4-7-12(11-18)15-14(19)13-8-6-9-17(13)3/h6,8-9,12H,4-5,7,10-11H2,1-3H3,(H,15,19)/t12-/m0/s1. The van der Waals surface area contributed by atoms with E-state index in [-0.39, 0.29) is 11.9 Å². The Kier molecular flexibility index (Phi) is 5.25. The third-order valence-corrected chi connectivity index (χ3v) is 5.84. The van der Waals surface area contributed by atoms with Crippen molar-refractivity contribution in [1.29, 1.82) is 0 Å². The molecule has 0 saturated carbocycles. The predicted molar refractivity (Wildman–Crippen MR) is 84.7 cm³/mol. The fraction of sp³-hybridized carbons (Fsp3) is 0.643. The molecule has 1 aromatic rings. The summed E-state index contributed by atoms with van der Waals surface area (Å²) in [6, 6.07) is 3.39. The second kappa shape index (κ2) is 6.80. The van der Waals surface area contributed by atoms with Crippen molar-refractivity contribution in [2.24, 2.45) is 7.05 Å². The maximum atomic E-state index is 12.3. The highest BCUT2D eigenvalue weighted by molar-refractivity contribution is 7.86. The molecular weight excluding hydrogens is 304 g/mol. The molecule has 1 atom stereocenters. The van der Waals surface area contributed by atoms with Crippen molar-refractivity contribution < 1.29 is 13.2 Å². The number of rotatable bonds is 4. The summed E-state index contributed by atoms with van der Waals surface area (Å²) in [4.78, 5) is 12.3. The molecule has 0 aromatic carbocycles. The number of carbonyl (C=O) groups is 1. The summed E-state index contributed by atoms with van der Waals surface area (Å²) in [5.74, 6) is -0.165. The molecule has 1 amide bonds. The largest absolute Gasteiger partial charge is 0.347 e. The molecule has 1 aliphatic heterocycles. The van der Waals surface area contributed by atoms with Crippen LogP contribution in [-0.4, -0.2) is 60.7 Å². The number of aromatic nitrogens is 1. The van der Waals surface area contributed by atoms with Crippen LogP contribution in [0.1, 0.15) is 29.8 Å². The Labute approximate surface area is 132 Å². The number of carbonyl (C=O) groups excluding carboxylic acids is 1. The number of hydrogen-bond donors (Lipinski definition) is 1. The number of nitrogens with one attached hydrogen (secondary N) is 1. The molecule has 2 heterocycles. The monoisotopic (exact) mass is 328 g/mol. The highest BCUT2D eigenvalue weighted by Gasteiger charge is 2.29. The van der Waals surface area contributed by atoms with E-state index in [0.717, 1.165) is 19.3 Å². The van der Waals surface area contributed by atoms with Crippen LogP contribution in [0.2, 0.25) is 0 Å². The Hall–Kier alpha value is -1.38. The molecule has 2 rings (SSSR count). The fourth-order valence-electron chi connectivity index (χ4n) is 2.62. The second-order valence-corrected chi connectivity index (χ2v) is 7.96. The molecule has 22 heavy (non-hydrogen) atoms. The minimum absolute atomic E-state index is 0.165. The molecule has 1 aliphatic rings. The Morgan fingerprint density at radius 1 is 1.36 bits per heavy atom. The van der Waals surface area contributed by atoms with Gasteiger partial charge in [-0.25, -0.2) is 0 Å². The van der Waals surface area contributed by atoms with Gasteiger partial charge in [-0.15, -0.1) is 0 Å². The van der Waals surface area contributed by atoms with E-state index >= 15 is 0 Å². The summed E-state index contributed by atoms with van der Waals surface area (Å²) in [7, 11) is 1.42. The Balaban J connectivity index is 2.08. The first-order valence-electron chi connectivity index (χ1n) is 7.42. The molecule has 0 bridgehead atoms. The van der Waals surface area contributed by atoms with E-state index in [2.05, 4.69) is 5.32 Å². The number of nitrogens with zero attached hydrogens (tertiary/aromatic N) is 3. The molecule has 1 saturated heterocycles. The van der Waals surface area contributed by atoms with Crippen molar-refractivity contribution in [3.8, 4) is 0 Å². The van der Waals surface area contributed by atoms with E-state index in [9.17, 15) is 13.2 Å². The van der Waals surface area contributed by atoms with E-state index in [0.29, 0.717) is 18.8 Å². The van der Waals surface area contributed by atoms with Crippen LogP contribution in [0.3, 0.4) is 0 Å². The second-order valence-electron chi connectivity index (χ2n) is 5.82. The average Bonchev–Trinajstić information content (AvgIpc) is 2.73. The van der Waals surface area contributed by atoms with Gasteiger partial charge in [0, 0.05) is 46.5 Å². The number of amides is 1. The highest BCUT2D eigenvalue weighted by atomic mass is 32.2. The summed E-state index contributed by atoms with van der Waals surface area (Å²) in [5.41, 5.74) is 0.575. The van der Waals surface area contributed by atoms with Crippen LogP contribution in [0.5, 0.6) is 0 Å². The van der Waals surface area contributed by atoms with Crippen molar-refractivity contribution in [2.45, 2.75) is 25.3 Å². The first kappa shape index (κ1) is 17.0. The lowest BCUT2D eigenvalue weighted by Gasteiger charge is -2.27. The van der Waals surface area contributed by atoms with Gasteiger partial charge in [-0.1, -0.05) is 6.42 Å². The van der Waals surface area contributed by atoms with Crippen LogP contribution >= 0.6 is 0 Å². The van der Waals surface area contributed by atoms with Crippen LogP contribution in [-0.2, 0) is 17.3 Å². The van der Waals surface area contributed by atoms with E-state index in [4.69, 9.17) is 0 Å². The van der Waals surface area contributed by atoms with Gasteiger partial charge >= 0.3 is 0 Å². The molecular formula is C14H24N4O3S. The van der Waals surface area contributed by atoms with Gasteiger partial charge in [-0.05, 0) is 25.0 Å². The molecule has 1 fully saturated rings. The van der Waals surface area contributed by atoms with E-state index in [1.165, 1.54) is 22.7 Å². The molecule has 0 radical (unpaired) electrons. The topological polar surface area (TPSA) is 74.7 Å². The van der Waals surface area contributed by atoms with Crippen LogP contribution in [0.4, 0.5) is 0 Å². The Morgan fingerprint density at radius 2 is 2.09 bits per heavy atom. The van der Waals surface area contributed by atoms with E-state index in [1.807, 2.05) is 19.3 Å². The molecule has 7 nitrogen and oxygen atoms in total. The quantitative estimate of drug-likeness (QED) is 0.870. The van der Waals surface area contributed by atoms with Crippen LogP contribution < -0.4 is 5.32 Å². The molecule has 124 valence electrons. The lowest BCUT2D eigenvalue weighted by molar-refractivity contribution is 0.0923. The first-order valence-corrected chi connectivity index (χ1v) is 8.82. The van der Waals surface area contributed by atoms with Crippen molar-refractivity contribution in [1.82, 2.24) is 18.5 Å². The average molecular weight is 328 g/mol. The SMILES string of the molecule is CN(C)S(=O)(=O)N1CCCC[C@H](NC(=O)c2cccn2C)C1. The number of hydrogen-bond acceptors (Lipinski definition) is 3. The van der Waals surface area contributed by atoms with Crippen LogP contribution in [0.15, 0.2) is 18.3 Å². The minimum atomic E-state index is -3.44. The van der Waals surface area contributed by atoms with Crippen molar-refractivity contribution in [2.75, 3.05) is 27.2 Å². The molecule has 1 aromatic heterocycles. The lowest BCUT2D eigenvalue weighted by Crippen LogP contribution is -2.47. The predicted octanol–water partition coefficient (Wildman–Crippen LogP) is 0.416. The smallest absolute Gasteiger partial charge is 0.281 e. The summed E-state index contributed by atoms with van der Waals surface area (Å²) < 4.78 is 29.0. The summed E-state index contributed by atoms with van der Waals surface area (Å²) in [6.45, 7) is 0.813. The lowest BCUT2D eigenvalue weighted by atomic mass is 10.1. The molecule has 0 aliphatic carbocycles. The van der Waals surface area contributed by atoms with Gasteiger partial charge in [0.25, 0.3) is 16.1 Å². The van der Waals surface area contributed by atoms with Crippen molar-refractivity contribution in [3.63, 3.8) is 0 Å². The molecule has 0 unspecified atom stereocenters. The van der Waals surface area contributed by atoms with Crippen molar-refractivity contribution >= 4 is 16.1 Å². The highest BCUT2D eigenvalue weighted by Crippen LogP contribution is 2.16. The summed E-state index contributed by atoms with van der Waals surface area (Å²) >= 11 is 0. The molecule has 0 spiro atoms. The summed E-state index contributed by atoms with van der Waals surface area (Å²) in [6.07, 6.45) is 4.31. The van der Waals surface area contributed by atoms with Gasteiger partial charge in [0.1, 0.15) is 5.69 Å². The third kappa shape index (κ3) is 3.68. The van der Waals surface area contributed by atoms with E-state index in [1.54, 1.807) is 10.6 Å². The van der Waals surface area contributed by atoms with Gasteiger partial charge in [-0.2, -0.15) is 17.0 Å². The maximum Gasteiger partial charge on any atom is 0.281 e. The van der Waals surface area contributed by atoms with Gasteiger partial charge < -0.3 is 9.88 Å². The zero-order valence-electron chi connectivity index (χ0n) is 13.3. The van der Waals surface area contributed by atoms with E-state index < -0.39 is 10.2 Å².